The van der Waals surface area contributed by atoms with Crippen LogP contribution in [0, 0.1) is 0 Å². The minimum Gasteiger partial charge on any atom is -0.495 e. The Bertz CT molecular complexity index is 540. The maximum Gasteiger partial charge on any atom is 0.219 e. The Balaban J connectivity index is 2.21. The highest BCUT2D eigenvalue weighted by molar-refractivity contribution is 5.44. The highest BCUT2D eigenvalue weighted by atomic mass is 16.5. The number of methoxy groups -OCH3 is 2. The Morgan fingerprint density at radius 1 is 1.05 bits per heavy atom. The molecule has 19 heavy (non-hydrogen) atoms. The van der Waals surface area contributed by atoms with E-state index in [1.807, 2.05) is 0 Å². The predicted molar refractivity (Wildman–Crippen MR) is 69.8 cm³/mol. The van der Waals surface area contributed by atoms with E-state index in [9.17, 15) is 0 Å². The molecule has 1 N–H and O–H groups in total. The summed E-state index contributed by atoms with van der Waals surface area (Å²) in [6.07, 6.45) is 1.57. The third-order valence-corrected chi connectivity index (χ3v) is 2.57. The molecule has 1 heterocycles. The van der Waals surface area contributed by atoms with Gasteiger partial charge in [0.1, 0.15) is 5.75 Å². The number of ether oxygens (including phenoxy) is 3. The normalized spacial score (nSPS) is 10.1. The summed E-state index contributed by atoms with van der Waals surface area (Å²) < 4.78 is 15.9. The number of pyridine rings is 1. The van der Waals surface area contributed by atoms with Crippen LogP contribution in [0.4, 0.5) is 0 Å². The van der Waals surface area contributed by atoms with Crippen molar-refractivity contribution in [1.29, 1.82) is 0 Å². The van der Waals surface area contributed by atoms with Gasteiger partial charge in [-0.05, 0) is 23.8 Å². The van der Waals surface area contributed by atoms with E-state index in [0.29, 0.717) is 23.1 Å². The molecule has 5 heteroatoms. The van der Waals surface area contributed by atoms with Gasteiger partial charge in [0.25, 0.3) is 0 Å². The molecule has 0 saturated heterocycles. The first-order chi connectivity index (χ1) is 9.26. The van der Waals surface area contributed by atoms with Crippen molar-refractivity contribution in [3.8, 4) is 23.1 Å². The number of aromatic nitrogens is 1. The molecule has 1 aromatic carbocycles. The first-order valence-electron chi connectivity index (χ1n) is 5.72. The SMILES string of the molecule is COc1ccc(Oc2ccc(CO)cc2OC)nc1. The molecule has 0 spiro atoms. The van der Waals surface area contributed by atoms with Crippen molar-refractivity contribution in [3.63, 3.8) is 0 Å². The van der Waals surface area contributed by atoms with Crippen molar-refractivity contribution < 1.29 is 19.3 Å². The average Bonchev–Trinajstić information content (AvgIpc) is 2.48. The molecule has 100 valence electrons. The predicted octanol–water partition coefficient (Wildman–Crippen LogP) is 2.38. The molecular weight excluding hydrogens is 246 g/mol. The van der Waals surface area contributed by atoms with Crippen molar-refractivity contribution in [2.75, 3.05) is 14.2 Å². The van der Waals surface area contributed by atoms with Crippen molar-refractivity contribution in [2.24, 2.45) is 0 Å². The Hall–Kier alpha value is -2.27. The highest BCUT2D eigenvalue weighted by Gasteiger charge is 2.07. The number of hydrogen-bond acceptors (Lipinski definition) is 5. The minimum atomic E-state index is -0.0442. The van der Waals surface area contributed by atoms with E-state index in [2.05, 4.69) is 4.98 Å². The summed E-state index contributed by atoms with van der Waals surface area (Å²) in [6.45, 7) is -0.0442. The third-order valence-electron chi connectivity index (χ3n) is 2.57. The van der Waals surface area contributed by atoms with Crippen LogP contribution in [0.3, 0.4) is 0 Å². The van der Waals surface area contributed by atoms with Gasteiger partial charge in [-0.3, -0.25) is 0 Å². The summed E-state index contributed by atoms with van der Waals surface area (Å²) in [4.78, 5) is 4.11. The topological polar surface area (TPSA) is 60.8 Å². The Morgan fingerprint density at radius 2 is 1.89 bits per heavy atom. The molecule has 0 aliphatic carbocycles. The molecule has 0 aliphatic rings. The number of rotatable bonds is 5. The van der Waals surface area contributed by atoms with Crippen LogP contribution < -0.4 is 14.2 Å². The van der Waals surface area contributed by atoms with E-state index < -0.39 is 0 Å². The lowest BCUT2D eigenvalue weighted by Gasteiger charge is -2.10. The Kier molecular flexibility index (Phi) is 4.20. The first kappa shape index (κ1) is 13.2. The molecular formula is C14H15NO4. The van der Waals surface area contributed by atoms with E-state index in [4.69, 9.17) is 19.3 Å². The van der Waals surface area contributed by atoms with E-state index in [-0.39, 0.29) is 6.61 Å². The zero-order valence-electron chi connectivity index (χ0n) is 10.8. The van der Waals surface area contributed by atoms with Crippen LogP contribution in [0.5, 0.6) is 23.1 Å². The summed E-state index contributed by atoms with van der Waals surface area (Å²) in [6, 6.07) is 8.69. The lowest BCUT2D eigenvalue weighted by atomic mass is 10.2. The van der Waals surface area contributed by atoms with Crippen molar-refractivity contribution in [2.45, 2.75) is 6.61 Å². The Morgan fingerprint density at radius 3 is 2.47 bits per heavy atom. The number of benzene rings is 1. The quantitative estimate of drug-likeness (QED) is 0.895. The lowest BCUT2D eigenvalue weighted by Crippen LogP contribution is -1.94. The molecule has 1 aromatic heterocycles. The molecule has 0 saturated carbocycles. The largest absolute Gasteiger partial charge is 0.495 e. The van der Waals surface area contributed by atoms with Gasteiger partial charge in [-0.15, -0.1) is 0 Å². The standard InChI is InChI=1S/C14H15NO4/c1-17-11-4-6-14(15-8-11)19-12-5-3-10(9-16)7-13(12)18-2/h3-8,16H,9H2,1-2H3. The summed E-state index contributed by atoms with van der Waals surface area (Å²) in [7, 11) is 3.12. The fourth-order valence-electron chi connectivity index (χ4n) is 1.56. The van der Waals surface area contributed by atoms with Crippen molar-refractivity contribution in [3.05, 3.63) is 42.1 Å². The number of aliphatic hydroxyl groups excluding tert-OH is 1. The summed E-state index contributed by atoms with van der Waals surface area (Å²) in [5.41, 5.74) is 0.756. The molecule has 0 fully saturated rings. The zero-order valence-corrected chi connectivity index (χ0v) is 10.8. The minimum absolute atomic E-state index is 0.0442. The first-order valence-corrected chi connectivity index (χ1v) is 5.72. The van der Waals surface area contributed by atoms with Crippen LogP contribution in [-0.2, 0) is 6.61 Å². The van der Waals surface area contributed by atoms with Gasteiger partial charge in [0.05, 0.1) is 27.0 Å². The monoisotopic (exact) mass is 261 g/mol. The van der Waals surface area contributed by atoms with Crippen molar-refractivity contribution >= 4 is 0 Å². The van der Waals surface area contributed by atoms with Crippen LogP contribution >= 0.6 is 0 Å². The molecule has 0 unspecified atom stereocenters. The van der Waals surface area contributed by atoms with Gasteiger partial charge in [-0.2, -0.15) is 0 Å². The van der Waals surface area contributed by atoms with Crippen LogP contribution in [0.2, 0.25) is 0 Å². The van der Waals surface area contributed by atoms with E-state index in [0.717, 1.165) is 5.56 Å². The van der Waals surface area contributed by atoms with Gasteiger partial charge >= 0.3 is 0 Å². The molecule has 2 rings (SSSR count). The molecule has 0 atom stereocenters. The van der Waals surface area contributed by atoms with Crippen molar-refractivity contribution in [1.82, 2.24) is 4.98 Å². The van der Waals surface area contributed by atoms with Crippen LogP contribution in [0.25, 0.3) is 0 Å². The molecule has 0 amide bonds. The molecule has 5 nitrogen and oxygen atoms in total. The summed E-state index contributed by atoms with van der Waals surface area (Å²) >= 11 is 0. The van der Waals surface area contributed by atoms with E-state index in [1.165, 1.54) is 0 Å². The molecule has 2 aromatic rings. The summed E-state index contributed by atoms with van der Waals surface area (Å²) in [5, 5.41) is 9.07. The van der Waals surface area contributed by atoms with Crippen LogP contribution in [0.1, 0.15) is 5.56 Å². The second-order valence-electron chi connectivity index (χ2n) is 3.78. The third kappa shape index (κ3) is 3.14. The maximum absolute atomic E-state index is 9.07. The second kappa shape index (κ2) is 6.06. The number of hydrogen-bond donors (Lipinski definition) is 1. The molecule has 0 bridgehead atoms. The molecule has 0 radical (unpaired) electrons. The number of aliphatic hydroxyl groups is 1. The Labute approximate surface area is 111 Å². The van der Waals surface area contributed by atoms with Gasteiger partial charge in [0, 0.05) is 6.07 Å². The van der Waals surface area contributed by atoms with Gasteiger partial charge in [0.2, 0.25) is 5.88 Å². The van der Waals surface area contributed by atoms with Crippen LogP contribution in [0.15, 0.2) is 36.5 Å². The summed E-state index contributed by atoms with van der Waals surface area (Å²) in [5.74, 6) is 2.19. The fraction of sp³-hybridized carbons (Fsp3) is 0.214. The zero-order chi connectivity index (χ0) is 13.7. The average molecular weight is 261 g/mol. The van der Waals surface area contributed by atoms with Crippen LogP contribution in [-0.4, -0.2) is 24.3 Å². The van der Waals surface area contributed by atoms with Gasteiger partial charge in [-0.25, -0.2) is 4.98 Å². The smallest absolute Gasteiger partial charge is 0.219 e. The fourth-order valence-corrected chi connectivity index (χ4v) is 1.56. The van der Waals surface area contributed by atoms with E-state index in [1.54, 1.807) is 50.7 Å². The second-order valence-corrected chi connectivity index (χ2v) is 3.78. The maximum atomic E-state index is 9.07. The lowest BCUT2D eigenvalue weighted by molar-refractivity contribution is 0.280. The highest BCUT2D eigenvalue weighted by Crippen LogP contribution is 2.31. The van der Waals surface area contributed by atoms with Gasteiger partial charge < -0.3 is 19.3 Å². The van der Waals surface area contributed by atoms with E-state index >= 15 is 0 Å². The van der Waals surface area contributed by atoms with Gasteiger partial charge in [-0.1, -0.05) is 6.07 Å². The molecule has 0 aliphatic heterocycles. The number of nitrogens with zero attached hydrogens (tertiary/aromatic N) is 1. The van der Waals surface area contributed by atoms with Gasteiger partial charge in [0.15, 0.2) is 11.5 Å².